The van der Waals surface area contributed by atoms with Crippen LogP contribution in [0.5, 0.6) is 5.75 Å². The van der Waals surface area contributed by atoms with Gasteiger partial charge in [-0.15, -0.1) is 0 Å². The Kier molecular flexibility index (Phi) is 7.11. The molecule has 1 fully saturated rings. The fourth-order valence-corrected chi connectivity index (χ4v) is 3.10. The molecule has 0 bridgehead atoms. The molecule has 1 heterocycles. The van der Waals surface area contributed by atoms with Crippen LogP contribution in [0.4, 0.5) is 4.79 Å². The zero-order chi connectivity index (χ0) is 18.9. The number of likely N-dealkylation sites (N-methyl/N-ethyl adjacent to an activating group) is 1. The van der Waals surface area contributed by atoms with Gasteiger partial charge in [0.1, 0.15) is 12.4 Å². The van der Waals surface area contributed by atoms with E-state index >= 15 is 0 Å². The summed E-state index contributed by atoms with van der Waals surface area (Å²) in [6.45, 7) is 2.48. The lowest BCUT2D eigenvalue weighted by Gasteiger charge is -2.27. The van der Waals surface area contributed by atoms with Crippen molar-refractivity contribution < 1.29 is 14.3 Å². The van der Waals surface area contributed by atoms with Crippen LogP contribution < -0.4 is 10.1 Å². The van der Waals surface area contributed by atoms with Crippen LogP contribution in [0.25, 0.3) is 0 Å². The first kappa shape index (κ1) is 19.2. The Morgan fingerprint density at radius 1 is 1.11 bits per heavy atom. The third-order valence-electron chi connectivity index (χ3n) is 4.71. The number of ether oxygens (including phenoxy) is 2. The molecule has 1 saturated heterocycles. The van der Waals surface area contributed by atoms with Gasteiger partial charge in [0, 0.05) is 26.7 Å². The van der Waals surface area contributed by atoms with Gasteiger partial charge in [0.2, 0.25) is 0 Å². The standard InChI is InChI=1S/C22H28N2O3/c1-24(16-21-9-5-6-14-26-21)22(25)23-15-18-10-12-20(13-11-18)27-17-19-7-3-2-4-8-19/h2-4,7-8,10-13,21H,5-6,9,14-17H2,1H3,(H,23,25). The van der Waals surface area contributed by atoms with Gasteiger partial charge in [0.05, 0.1) is 6.10 Å². The number of benzene rings is 2. The van der Waals surface area contributed by atoms with Crippen LogP contribution in [0, 0.1) is 0 Å². The Hall–Kier alpha value is -2.53. The normalized spacial score (nSPS) is 16.6. The highest BCUT2D eigenvalue weighted by molar-refractivity contribution is 5.73. The van der Waals surface area contributed by atoms with E-state index in [1.807, 2.05) is 61.6 Å². The molecule has 1 aliphatic rings. The van der Waals surface area contributed by atoms with Crippen LogP contribution in [0.1, 0.15) is 30.4 Å². The van der Waals surface area contributed by atoms with Crippen molar-refractivity contribution in [3.05, 3.63) is 65.7 Å². The van der Waals surface area contributed by atoms with E-state index in [4.69, 9.17) is 9.47 Å². The summed E-state index contributed by atoms with van der Waals surface area (Å²) in [5.41, 5.74) is 2.18. The van der Waals surface area contributed by atoms with Crippen molar-refractivity contribution in [3.63, 3.8) is 0 Å². The molecule has 1 N–H and O–H groups in total. The van der Waals surface area contributed by atoms with Gasteiger partial charge in [-0.3, -0.25) is 0 Å². The highest BCUT2D eigenvalue weighted by atomic mass is 16.5. The van der Waals surface area contributed by atoms with E-state index in [1.165, 1.54) is 6.42 Å². The van der Waals surface area contributed by atoms with Crippen molar-refractivity contribution >= 4 is 6.03 Å². The second-order valence-electron chi connectivity index (χ2n) is 6.95. The zero-order valence-electron chi connectivity index (χ0n) is 15.9. The molecule has 0 aromatic heterocycles. The van der Waals surface area contributed by atoms with E-state index in [0.29, 0.717) is 19.7 Å². The second-order valence-corrected chi connectivity index (χ2v) is 6.95. The second kappa shape index (κ2) is 9.97. The molecule has 1 unspecified atom stereocenters. The van der Waals surface area contributed by atoms with Crippen LogP contribution in [0.2, 0.25) is 0 Å². The lowest BCUT2D eigenvalue weighted by atomic mass is 10.1. The summed E-state index contributed by atoms with van der Waals surface area (Å²) in [6, 6.07) is 17.8. The molecule has 144 valence electrons. The van der Waals surface area contributed by atoms with Crippen LogP contribution >= 0.6 is 0 Å². The van der Waals surface area contributed by atoms with Crippen LogP contribution in [0.3, 0.4) is 0 Å². The number of amides is 2. The number of nitrogens with zero attached hydrogens (tertiary/aromatic N) is 1. The lowest BCUT2D eigenvalue weighted by molar-refractivity contribution is 0.00385. The van der Waals surface area contributed by atoms with Crippen molar-refractivity contribution in [2.75, 3.05) is 20.2 Å². The molecule has 27 heavy (non-hydrogen) atoms. The van der Waals surface area contributed by atoms with Crippen LogP contribution in [-0.2, 0) is 17.9 Å². The van der Waals surface area contributed by atoms with Gasteiger partial charge in [-0.05, 0) is 42.5 Å². The van der Waals surface area contributed by atoms with Gasteiger partial charge < -0.3 is 19.7 Å². The number of hydrogen-bond donors (Lipinski definition) is 1. The highest BCUT2D eigenvalue weighted by Crippen LogP contribution is 2.15. The summed E-state index contributed by atoms with van der Waals surface area (Å²) < 4.78 is 11.5. The fraction of sp³-hybridized carbons (Fsp3) is 0.409. The molecule has 2 amide bonds. The number of carbonyl (C=O) groups is 1. The maximum Gasteiger partial charge on any atom is 0.317 e. The maximum atomic E-state index is 12.3. The molecule has 1 atom stereocenters. The van der Waals surface area contributed by atoms with Gasteiger partial charge in [-0.1, -0.05) is 42.5 Å². The van der Waals surface area contributed by atoms with Crippen molar-refractivity contribution in [3.8, 4) is 5.75 Å². The third kappa shape index (κ3) is 6.29. The predicted octanol–water partition coefficient (Wildman–Crippen LogP) is 3.98. The molecule has 0 saturated carbocycles. The largest absolute Gasteiger partial charge is 0.489 e. The van der Waals surface area contributed by atoms with Gasteiger partial charge in [-0.25, -0.2) is 4.79 Å². The first-order chi connectivity index (χ1) is 13.2. The molecule has 0 radical (unpaired) electrons. The Balaban J connectivity index is 1.40. The summed E-state index contributed by atoms with van der Waals surface area (Å²) in [7, 11) is 1.81. The molecular formula is C22H28N2O3. The number of hydrogen-bond acceptors (Lipinski definition) is 3. The summed E-state index contributed by atoms with van der Waals surface area (Å²) in [5.74, 6) is 0.820. The Bertz CT molecular complexity index is 697. The summed E-state index contributed by atoms with van der Waals surface area (Å²) in [6.07, 6.45) is 3.49. The molecule has 1 aliphatic heterocycles. The topological polar surface area (TPSA) is 50.8 Å². The van der Waals surface area contributed by atoms with Gasteiger partial charge in [0.25, 0.3) is 0 Å². The molecule has 3 rings (SSSR count). The summed E-state index contributed by atoms with van der Waals surface area (Å²) >= 11 is 0. The molecular weight excluding hydrogens is 340 g/mol. The smallest absolute Gasteiger partial charge is 0.317 e. The molecule has 0 spiro atoms. The Morgan fingerprint density at radius 2 is 1.89 bits per heavy atom. The van der Waals surface area contributed by atoms with Crippen molar-refractivity contribution in [2.45, 2.75) is 38.5 Å². The minimum Gasteiger partial charge on any atom is -0.489 e. The maximum absolute atomic E-state index is 12.3. The minimum absolute atomic E-state index is 0.0754. The molecule has 2 aromatic rings. The van der Waals surface area contributed by atoms with E-state index in [1.54, 1.807) is 4.90 Å². The Labute approximate surface area is 161 Å². The monoisotopic (exact) mass is 368 g/mol. The minimum atomic E-state index is -0.0754. The van der Waals surface area contributed by atoms with E-state index in [9.17, 15) is 4.79 Å². The lowest BCUT2D eigenvalue weighted by Crippen LogP contribution is -2.42. The average Bonchev–Trinajstić information content (AvgIpc) is 2.72. The molecule has 5 nitrogen and oxygen atoms in total. The SMILES string of the molecule is CN(CC1CCCCO1)C(=O)NCc1ccc(OCc2ccccc2)cc1. The average molecular weight is 368 g/mol. The number of urea groups is 1. The molecule has 5 heteroatoms. The fourth-order valence-electron chi connectivity index (χ4n) is 3.10. The molecule has 2 aromatic carbocycles. The van der Waals surface area contributed by atoms with Crippen LogP contribution in [0.15, 0.2) is 54.6 Å². The number of carbonyl (C=O) groups excluding carboxylic acids is 1. The first-order valence-corrected chi connectivity index (χ1v) is 9.57. The number of nitrogens with one attached hydrogen (secondary N) is 1. The summed E-state index contributed by atoms with van der Waals surface area (Å²) in [4.78, 5) is 14.0. The van der Waals surface area contributed by atoms with Gasteiger partial charge in [-0.2, -0.15) is 0 Å². The van der Waals surface area contributed by atoms with Gasteiger partial charge in [0.15, 0.2) is 0 Å². The van der Waals surface area contributed by atoms with Crippen molar-refractivity contribution in [2.24, 2.45) is 0 Å². The number of rotatable bonds is 7. The molecule has 0 aliphatic carbocycles. The van der Waals surface area contributed by atoms with Gasteiger partial charge >= 0.3 is 6.03 Å². The first-order valence-electron chi connectivity index (χ1n) is 9.57. The van der Waals surface area contributed by atoms with Crippen molar-refractivity contribution in [1.82, 2.24) is 10.2 Å². The highest BCUT2D eigenvalue weighted by Gasteiger charge is 2.18. The van der Waals surface area contributed by atoms with E-state index < -0.39 is 0 Å². The third-order valence-corrected chi connectivity index (χ3v) is 4.71. The summed E-state index contributed by atoms with van der Waals surface area (Å²) in [5, 5.41) is 2.96. The van der Waals surface area contributed by atoms with E-state index in [0.717, 1.165) is 36.3 Å². The Morgan fingerprint density at radius 3 is 2.59 bits per heavy atom. The van der Waals surface area contributed by atoms with E-state index in [2.05, 4.69) is 5.32 Å². The van der Waals surface area contributed by atoms with E-state index in [-0.39, 0.29) is 12.1 Å². The van der Waals surface area contributed by atoms with Crippen molar-refractivity contribution in [1.29, 1.82) is 0 Å². The zero-order valence-corrected chi connectivity index (χ0v) is 15.9. The van der Waals surface area contributed by atoms with Crippen LogP contribution in [-0.4, -0.2) is 37.2 Å². The quantitative estimate of drug-likeness (QED) is 0.804. The predicted molar refractivity (Wildman–Crippen MR) is 106 cm³/mol.